The minimum Gasteiger partial charge on any atom is -0.375 e. The molecule has 1 unspecified atom stereocenters. The Kier molecular flexibility index (Phi) is 7.85. The van der Waals surface area contributed by atoms with E-state index in [0.29, 0.717) is 18.9 Å². The van der Waals surface area contributed by atoms with Crippen LogP contribution in [-0.4, -0.2) is 32.6 Å². The fourth-order valence-corrected chi connectivity index (χ4v) is 2.85. The highest BCUT2D eigenvalue weighted by molar-refractivity contribution is 5.58. The molecule has 1 aliphatic heterocycles. The Hall–Kier alpha value is -1.64. The fourth-order valence-electron chi connectivity index (χ4n) is 2.85. The van der Waals surface area contributed by atoms with Gasteiger partial charge in [0.2, 0.25) is 5.39 Å². The third kappa shape index (κ3) is 5.81. The second-order valence-electron chi connectivity index (χ2n) is 5.98. The van der Waals surface area contributed by atoms with Gasteiger partial charge < -0.3 is 14.4 Å². The van der Waals surface area contributed by atoms with Crippen LogP contribution in [0.1, 0.15) is 45.4 Å². The summed E-state index contributed by atoms with van der Waals surface area (Å²) in [7, 11) is 0. The van der Waals surface area contributed by atoms with Crippen LogP contribution in [0.3, 0.4) is 0 Å². The highest BCUT2D eigenvalue weighted by atomic mass is 16.5. The average molecular weight is 318 g/mol. The topological polar surface area (TPSA) is 49.9 Å². The van der Waals surface area contributed by atoms with Crippen LogP contribution in [0, 0.1) is 5.39 Å². The summed E-state index contributed by atoms with van der Waals surface area (Å²) in [6, 6.07) is 7.55. The summed E-state index contributed by atoms with van der Waals surface area (Å²) in [6.45, 7) is 5.06. The van der Waals surface area contributed by atoms with Crippen LogP contribution in [0.2, 0.25) is 0 Å². The van der Waals surface area contributed by atoms with E-state index in [0.717, 1.165) is 25.3 Å². The zero-order valence-electron chi connectivity index (χ0n) is 14.1. The molecule has 1 aromatic carbocycles. The van der Waals surface area contributed by atoms with Crippen LogP contribution >= 0.6 is 0 Å². The maximum absolute atomic E-state index is 8.94. The summed E-state index contributed by atoms with van der Waals surface area (Å²) in [5.41, 5.74) is 1.57. The third-order valence-corrected chi connectivity index (χ3v) is 4.17. The van der Waals surface area contributed by atoms with E-state index in [2.05, 4.69) is 16.8 Å². The summed E-state index contributed by atoms with van der Waals surface area (Å²) in [5, 5.41) is 8.94. The molecule has 0 spiro atoms. The van der Waals surface area contributed by atoms with Gasteiger partial charge in [0.25, 0.3) is 0 Å². The predicted molar refractivity (Wildman–Crippen MR) is 92.5 cm³/mol. The minimum atomic E-state index is -0.0617. The van der Waals surface area contributed by atoms with E-state index >= 15 is 0 Å². The molecule has 1 heterocycles. The van der Waals surface area contributed by atoms with Crippen molar-refractivity contribution in [2.45, 2.75) is 51.7 Å². The number of rotatable bonds is 9. The van der Waals surface area contributed by atoms with Gasteiger partial charge in [-0.05, 0) is 12.5 Å². The number of diazo groups is 1. The molecule has 23 heavy (non-hydrogen) atoms. The quantitative estimate of drug-likeness (QED) is 0.488. The maximum Gasteiger partial charge on any atom is 0.387 e. The van der Waals surface area contributed by atoms with Crippen LogP contribution < -0.4 is 4.90 Å². The van der Waals surface area contributed by atoms with Crippen LogP contribution in [0.15, 0.2) is 24.3 Å². The third-order valence-electron chi connectivity index (χ3n) is 4.17. The molecule has 0 amide bonds. The first kappa shape index (κ1) is 17.7. The summed E-state index contributed by atoms with van der Waals surface area (Å²) in [4.78, 5) is 5.45. The molecule has 1 aliphatic rings. The van der Waals surface area contributed by atoms with Crippen LogP contribution in [0.5, 0.6) is 0 Å². The lowest BCUT2D eigenvalue weighted by Gasteiger charge is -2.36. The molecule has 1 fully saturated rings. The molecule has 1 atom stereocenters. The zero-order chi connectivity index (χ0) is 16.3. The molecule has 0 saturated carbocycles. The molecule has 0 bridgehead atoms. The van der Waals surface area contributed by atoms with Crippen molar-refractivity contribution in [2.75, 3.05) is 31.3 Å². The van der Waals surface area contributed by atoms with Crippen molar-refractivity contribution in [3.8, 4) is 0 Å². The molecule has 1 aromatic rings. The molecule has 0 radical (unpaired) electrons. The van der Waals surface area contributed by atoms with Gasteiger partial charge in [-0.3, -0.25) is 0 Å². The van der Waals surface area contributed by atoms with Gasteiger partial charge in [-0.1, -0.05) is 45.1 Å². The molecule has 2 rings (SSSR count). The van der Waals surface area contributed by atoms with E-state index in [9.17, 15) is 0 Å². The van der Waals surface area contributed by atoms with Crippen molar-refractivity contribution in [3.63, 3.8) is 0 Å². The van der Waals surface area contributed by atoms with Gasteiger partial charge in [0.1, 0.15) is 0 Å². The normalized spacial score (nSPS) is 17.9. The number of hydrogen-bond donors (Lipinski definition) is 0. The Labute approximate surface area is 139 Å². The van der Waals surface area contributed by atoms with Crippen molar-refractivity contribution in [1.82, 2.24) is 0 Å². The SMILES string of the molecule is CCCCCCCCOC1COCCN1c1cccc([N+]#N)c1. The van der Waals surface area contributed by atoms with E-state index < -0.39 is 0 Å². The minimum absolute atomic E-state index is 0.0617. The summed E-state index contributed by atoms with van der Waals surface area (Å²) in [6.07, 6.45) is 7.50. The first-order chi connectivity index (χ1) is 11.3. The molecule has 5 heteroatoms. The van der Waals surface area contributed by atoms with Crippen molar-refractivity contribution in [3.05, 3.63) is 29.2 Å². The molecular weight excluding hydrogens is 290 g/mol. The lowest BCUT2D eigenvalue weighted by molar-refractivity contribution is -0.0415. The Morgan fingerprint density at radius 3 is 2.91 bits per heavy atom. The van der Waals surface area contributed by atoms with Gasteiger partial charge >= 0.3 is 5.69 Å². The van der Waals surface area contributed by atoms with Crippen molar-refractivity contribution in [2.24, 2.45) is 0 Å². The number of unbranched alkanes of at least 4 members (excludes halogenated alkanes) is 5. The van der Waals surface area contributed by atoms with Crippen molar-refractivity contribution in [1.29, 1.82) is 5.39 Å². The van der Waals surface area contributed by atoms with Crippen molar-refractivity contribution >= 4 is 11.4 Å². The molecule has 0 N–H and O–H groups in total. The predicted octanol–water partition coefficient (Wildman–Crippen LogP) is 4.71. The molecule has 0 aliphatic carbocycles. The molecule has 5 nitrogen and oxygen atoms in total. The number of morpholine rings is 1. The number of nitrogens with zero attached hydrogens (tertiary/aromatic N) is 3. The molecule has 126 valence electrons. The Morgan fingerprint density at radius 2 is 2.09 bits per heavy atom. The second kappa shape index (κ2) is 10.2. The molecule has 1 saturated heterocycles. The standard InChI is InChI=1S/C18H28N3O2/c1-2-3-4-5-6-7-12-23-18-15-22-13-11-21(18)17-10-8-9-16(14-17)20-19/h8-10,14,18H,2-7,11-13,15H2,1H3/q+1. The van der Waals surface area contributed by atoms with Crippen LogP contribution in [-0.2, 0) is 9.47 Å². The Bertz CT molecular complexity index is 501. The highest BCUT2D eigenvalue weighted by Gasteiger charge is 2.25. The monoisotopic (exact) mass is 318 g/mol. The largest absolute Gasteiger partial charge is 0.387 e. The van der Waals surface area contributed by atoms with Gasteiger partial charge in [-0.25, -0.2) is 0 Å². The number of hydrogen-bond acceptors (Lipinski definition) is 4. The summed E-state index contributed by atoms with van der Waals surface area (Å²) >= 11 is 0. The average Bonchev–Trinajstić information content (AvgIpc) is 2.61. The molecular formula is C18H28N3O2+. The van der Waals surface area contributed by atoms with E-state index in [4.69, 9.17) is 14.9 Å². The van der Waals surface area contributed by atoms with Gasteiger partial charge in [-0.15, -0.1) is 0 Å². The lowest BCUT2D eigenvalue weighted by atomic mass is 10.1. The smallest absolute Gasteiger partial charge is 0.375 e. The number of benzene rings is 1. The fraction of sp³-hybridized carbons (Fsp3) is 0.667. The van der Waals surface area contributed by atoms with Gasteiger partial charge in [-0.2, -0.15) is 0 Å². The number of anilines is 1. The first-order valence-electron chi connectivity index (χ1n) is 8.76. The van der Waals surface area contributed by atoms with Gasteiger partial charge in [0.15, 0.2) is 11.2 Å². The van der Waals surface area contributed by atoms with E-state index in [1.807, 2.05) is 18.2 Å². The molecule has 0 aromatic heterocycles. The maximum atomic E-state index is 8.94. The van der Waals surface area contributed by atoms with Crippen LogP contribution in [0.25, 0.3) is 4.98 Å². The van der Waals surface area contributed by atoms with Gasteiger partial charge in [0, 0.05) is 24.9 Å². The second-order valence-corrected chi connectivity index (χ2v) is 5.98. The highest BCUT2D eigenvalue weighted by Crippen LogP contribution is 2.25. The summed E-state index contributed by atoms with van der Waals surface area (Å²) in [5.74, 6) is 0. The van der Waals surface area contributed by atoms with Crippen LogP contribution in [0.4, 0.5) is 11.4 Å². The van der Waals surface area contributed by atoms with E-state index in [-0.39, 0.29) is 6.23 Å². The lowest BCUT2D eigenvalue weighted by Crippen LogP contribution is -2.47. The zero-order valence-corrected chi connectivity index (χ0v) is 14.1. The first-order valence-corrected chi connectivity index (χ1v) is 8.76. The Morgan fingerprint density at radius 1 is 1.26 bits per heavy atom. The van der Waals surface area contributed by atoms with Gasteiger partial charge in [0.05, 0.1) is 19.3 Å². The summed E-state index contributed by atoms with van der Waals surface area (Å²) < 4.78 is 11.6. The van der Waals surface area contributed by atoms with E-state index in [1.54, 1.807) is 6.07 Å². The number of ether oxygens (including phenoxy) is 2. The van der Waals surface area contributed by atoms with E-state index in [1.165, 1.54) is 32.1 Å². The Balaban J connectivity index is 1.80. The van der Waals surface area contributed by atoms with Crippen molar-refractivity contribution < 1.29 is 9.47 Å².